The maximum atomic E-state index is 12.8. The molecule has 4 rings (SSSR count). The fourth-order valence-electron chi connectivity index (χ4n) is 3.40. The molecule has 3 aromatic carbocycles. The maximum Gasteiger partial charge on any atom is 0.336 e. The van der Waals surface area contributed by atoms with Gasteiger partial charge in [-0.15, -0.1) is 11.3 Å². The number of hydrogen-bond acceptors (Lipinski definition) is 9. The van der Waals surface area contributed by atoms with E-state index < -0.39 is 28.1 Å². The van der Waals surface area contributed by atoms with E-state index in [1.807, 2.05) is 18.2 Å². The third-order valence-electron chi connectivity index (χ3n) is 5.15. The highest BCUT2D eigenvalue weighted by atomic mass is 32.2. The average Bonchev–Trinajstić information content (AvgIpc) is 3.28. The Balaban J connectivity index is 1.52. The number of nitrogens with one attached hydrogen (secondary N) is 1. The Hall–Kier alpha value is -4.16. The zero-order valence-corrected chi connectivity index (χ0v) is 20.6. The normalized spacial score (nSPS) is 10.7. The minimum Gasteiger partial charge on any atom is -0.497 e. The van der Waals surface area contributed by atoms with Crippen LogP contribution in [0.5, 0.6) is 11.5 Å². The molecule has 0 bridgehead atoms. The van der Waals surface area contributed by atoms with Gasteiger partial charge in [0, 0.05) is 29.1 Å². The second-order valence-corrected chi connectivity index (χ2v) is 9.63. The molecule has 0 saturated heterocycles. The molecule has 36 heavy (non-hydrogen) atoms. The summed E-state index contributed by atoms with van der Waals surface area (Å²) in [5.74, 6) is -0.0273. The van der Waals surface area contributed by atoms with Gasteiger partial charge in [0.05, 0.1) is 40.5 Å². The molecular weight excluding hydrogens is 506 g/mol. The Morgan fingerprint density at radius 1 is 1.08 bits per heavy atom. The van der Waals surface area contributed by atoms with Crippen molar-refractivity contribution in [2.24, 2.45) is 0 Å². The number of carboxylic acids is 1. The SMILES string of the molecule is COc1ccc(OC)c(CSc2nc3ccc(NC(=O)c4ccc([N+](=O)[O-])cc4C(=O)O)cc3s2)c1. The summed E-state index contributed by atoms with van der Waals surface area (Å²) in [5, 5.41) is 23.0. The van der Waals surface area contributed by atoms with Crippen molar-refractivity contribution in [1.29, 1.82) is 0 Å². The lowest BCUT2D eigenvalue weighted by atomic mass is 10.1. The first-order chi connectivity index (χ1) is 17.3. The highest BCUT2D eigenvalue weighted by Gasteiger charge is 2.21. The lowest BCUT2D eigenvalue weighted by Gasteiger charge is -2.09. The maximum absolute atomic E-state index is 12.8. The Morgan fingerprint density at radius 3 is 2.58 bits per heavy atom. The van der Waals surface area contributed by atoms with Crippen molar-refractivity contribution < 1.29 is 29.1 Å². The number of thiazole rings is 1. The predicted octanol–water partition coefficient (Wildman–Crippen LogP) is 5.46. The average molecular weight is 526 g/mol. The number of methoxy groups -OCH3 is 2. The molecule has 0 aliphatic rings. The molecule has 1 heterocycles. The number of carboxylic acid groups (broad SMARTS) is 1. The van der Waals surface area contributed by atoms with E-state index in [0.29, 0.717) is 11.4 Å². The van der Waals surface area contributed by atoms with E-state index >= 15 is 0 Å². The van der Waals surface area contributed by atoms with Gasteiger partial charge < -0.3 is 19.9 Å². The van der Waals surface area contributed by atoms with E-state index in [1.54, 1.807) is 32.4 Å². The molecule has 0 aliphatic heterocycles. The lowest BCUT2D eigenvalue weighted by Crippen LogP contribution is -2.16. The summed E-state index contributed by atoms with van der Waals surface area (Å²) in [6, 6.07) is 13.8. The number of aromatic carboxylic acids is 1. The number of aromatic nitrogens is 1. The molecule has 10 nitrogen and oxygen atoms in total. The number of nitro groups is 1. The van der Waals surface area contributed by atoms with Gasteiger partial charge in [0.2, 0.25) is 0 Å². The topological polar surface area (TPSA) is 141 Å². The largest absolute Gasteiger partial charge is 0.497 e. The molecule has 0 spiro atoms. The summed E-state index contributed by atoms with van der Waals surface area (Å²) in [7, 11) is 3.21. The first kappa shape index (κ1) is 24.9. The number of rotatable bonds is 9. The Bertz CT molecular complexity index is 1490. The van der Waals surface area contributed by atoms with Gasteiger partial charge in [-0.3, -0.25) is 14.9 Å². The number of nitrogens with zero attached hydrogens (tertiary/aromatic N) is 2. The van der Waals surface area contributed by atoms with Crippen LogP contribution in [0.3, 0.4) is 0 Å². The van der Waals surface area contributed by atoms with Crippen molar-refractivity contribution in [3.05, 3.63) is 81.4 Å². The van der Waals surface area contributed by atoms with Crippen LogP contribution in [0.25, 0.3) is 10.2 Å². The predicted molar refractivity (Wildman–Crippen MR) is 137 cm³/mol. The quantitative estimate of drug-likeness (QED) is 0.165. The molecule has 0 fully saturated rings. The molecule has 0 saturated carbocycles. The Kier molecular flexibility index (Phi) is 7.36. The van der Waals surface area contributed by atoms with E-state index in [2.05, 4.69) is 10.3 Å². The van der Waals surface area contributed by atoms with Gasteiger partial charge in [0.15, 0.2) is 4.34 Å². The zero-order valence-electron chi connectivity index (χ0n) is 19.0. The van der Waals surface area contributed by atoms with Gasteiger partial charge in [-0.25, -0.2) is 9.78 Å². The summed E-state index contributed by atoms with van der Waals surface area (Å²) in [4.78, 5) is 39.2. The molecule has 1 aromatic heterocycles. The highest BCUT2D eigenvalue weighted by molar-refractivity contribution is 8.00. The van der Waals surface area contributed by atoms with Crippen LogP contribution in [0.1, 0.15) is 26.3 Å². The summed E-state index contributed by atoms with van der Waals surface area (Å²) < 4.78 is 12.4. The minimum atomic E-state index is -1.43. The van der Waals surface area contributed by atoms with Crippen molar-refractivity contribution >= 4 is 56.6 Å². The fraction of sp³-hybridized carbons (Fsp3) is 0.125. The monoisotopic (exact) mass is 525 g/mol. The van der Waals surface area contributed by atoms with E-state index in [0.717, 1.165) is 49.8 Å². The molecular formula is C24H19N3O7S2. The number of fused-ring (bicyclic) bond motifs is 1. The summed E-state index contributed by atoms with van der Waals surface area (Å²) in [5.41, 5.74) is 1.11. The second-order valence-electron chi connectivity index (χ2n) is 7.38. The minimum absolute atomic E-state index is 0.180. The number of anilines is 1. The molecule has 1 amide bonds. The molecule has 12 heteroatoms. The lowest BCUT2D eigenvalue weighted by molar-refractivity contribution is -0.384. The van der Waals surface area contributed by atoms with Crippen LogP contribution >= 0.6 is 23.1 Å². The first-order valence-electron chi connectivity index (χ1n) is 10.4. The van der Waals surface area contributed by atoms with Crippen molar-refractivity contribution in [3.63, 3.8) is 0 Å². The van der Waals surface area contributed by atoms with Crippen LogP contribution in [0.15, 0.2) is 58.9 Å². The number of hydrogen-bond donors (Lipinski definition) is 2. The Labute approximate surface area is 213 Å². The zero-order chi connectivity index (χ0) is 25.8. The van der Waals surface area contributed by atoms with Gasteiger partial charge in [-0.2, -0.15) is 0 Å². The number of thioether (sulfide) groups is 1. The Morgan fingerprint density at radius 2 is 1.89 bits per heavy atom. The van der Waals surface area contributed by atoms with Gasteiger partial charge in [-0.05, 0) is 42.5 Å². The standard InChI is InChI=1S/C24H19N3O7S2/c1-33-16-5-8-20(34-2)13(9-16)12-35-24-26-19-7-3-14(10-21(19)36-24)25-22(28)17-6-4-15(27(31)32)11-18(17)23(29)30/h3-11H,12H2,1-2H3,(H,25,28)(H,29,30). The number of ether oxygens (including phenoxy) is 2. The molecule has 0 atom stereocenters. The smallest absolute Gasteiger partial charge is 0.336 e. The third kappa shape index (κ3) is 5.39. The van der Waals surface area contributed by atoms with Crippen LogP contribution in [0.2, 0.25) is 0 Å². The second kappa shape index (κ2) is 10.6. The highest BCUT2D eigenvalue weighted by Crippen LogP contribution is 2.35. The van der Waals surface area contributed by atoms with Gasteiger partial charge in [-0.1, -0.05) is 11.8 Å². The molecule has 4 aromatic rings. The van der Waals surface area contributed by atoms with E-state index in [9.17, 15) is 24.8 Å². The van der Waals surface area contributed by atoms with Gasteiger partial charge >= 0.3 is 5.97 Å². The summed E-state index contributed by atoms with van der Waals surface area (Å²) in [6.07, 6.45) is 0. The van der Waals surface area contributed by atoms with Crippen LogP contribution in [-0.2, 0) is 5.75 Å². The van der Waals surface area contributed by atoms with Crippen LogP contribution < -0.4 is 14.8 Å². The van der Waals surface area contributed by atoms with Crippen LogP contribution in [0.4, 0.5) is 11.4 Å². The third-order valence-corrected chi connectivity index (χ3v) is 7.36. The number of amides is 1. The summed E-state index contributed by atoms with van der Waals surface area (Å²) in [6.45, 7) is 0. The number of carbonyl (C=O) groups excluding carboxylic acids is 1. The molecule has 0 aliphatic carbocycles. The molecule has 0 radical (unpaired) electrons. The van der Waals surface area contributed by atoms with Crippen molar-refractivity contribution in [2.75, 3.05) is 19.5 Å². The molecule has 2 N–H and O–H groups in total. The van der Waals surface area contributed by atoms with Gasteiger partial charge in [0.25, 0.3) is 11.6 Å². The van der Waals surface area contributed by atoms with E-state index in [4.69, 9.17) is 9.47 Å². The van der Waals surface area contributed by atoms with Crippen molar-refractivity contribution in [1.82, 2.24) is 4.98 Å². The van der Waals surface area contributed by atoms with E-state index in [1.165, 1.54) is 23.1 Å². The molecule has 0 unspecified atom stereocenters. The number of non-ortho nitro benzene ring substituents is 1. The fourth-order valence-corrected chi connectivity index (χ4v) is 5.48. The van der Waals surface area contributed by atoms with Gasteiger partial charge in [0.1, 0.15) is 11.5 Å². The number of benzene rings is 3. The van der Waals surface area contributed by atoms with Crippen LogP contribution in [0, 0.1) is 10.1 Å². The first-order valence-corrected chi connectivity index (χ1v) is 12.2. The summed E-state index contributed by atoms with van der Waals surface area (Å²) >= 11 is 2.99. The number of carbonyl (C=O) groups is 2. The van der Waals surface area contributed by atoms with Crippen LogP contribution in [-0.4, -0.2) is 41.1 Å². The number of nitro benzene ring substituents is 1. The van der Waals surface area contributed by atoms with Crippen molar-refractivity contribution in [3.8, 4) is 11.5 Å². The van der Waals surface area contributed by atoms with Crippen molar-refractivity contribution in [2.45, 2.75) is 10.1 Å². The van der Waals surface area contributed by atoms with E-state index in [-0.39, 0.29) is 5.56 Å². The molecule has 184 valence electrons.